The SMILES string of the molecule is CCCCCCCCC1(CCCCCCCC)c2cc(C#Cc3cc(-c4ccccn4)nc(-c4ccccn4)c3)ccc2-c2ccc(C#Cc3cc(-c4ccccn4)nc(-c4ccccn4)c3)cc21. The van der Waals surface area contributed by atoms with E-state index in [0.29, 0.717) is 0 Å². The molecule has 0 spiro atoms. The lowest BCUT2D eigenvalue weighted by atomic mass is 9.70. The van der Waals surface area contributed by atoms with Gasteiger partial charge in [0.25, 0.3) is 0 Å². The molecule has 0 fully saturated rings. The normalized spacial score (nSPS) is 12.0. The molecule has 8 aromatic rings. The van der Waals surface area contributed by atoms with Crippen molar-refractivity contribution in [3.05, 3.63) is 192 Å². The van der Waals surface area contributed by atoms with E-state index in [0.717, 1.165) is 80.6 Å². The molecule has 2 aromatic carbocycles. The van der Waals surface area contributed by atoms with Crippen LogP contribution in [0.1, 0.15) is 137 Å². The smallest absolute Gasteiger partial charge is 0.0906 e. The predicted molar refractivity (Wildman–Crippen MR) is 282 cm³/mol. The van der Waals surface area contributed by atoms with Gasteiger partial charge in [-0.1, -0.05) is 151 Å². The second kappa shape index (κ2) is 23.0. The lowest BCUT2D eigenvalue weighted by molar-refractivity contribution is 0.397. The van der Waals surface area contributed by atoms with E-state index in [1.54, 1.807) is 24.8 Å². The van der Waals surface area contributed by atoms with Gasteiger partial charge in [0.15, 0.2) is 0 Å². The van der Waals surface area contributed by atoms with Crippen molar-refractivity contribution in [1.82, 2.24) is 29.9 Å². The molecule has 6 heterocycles. The first-order valence-electron chi connectivity index (χ1n) is 25.1. The number of hydrogen-bond donors (Lipinski definition) is 0. The number of pyridine rings is 6. The van der Waals surface area contributed by atoms with Crippen molar-refractivity contribution >= 4 is 0 Å². The number of aromatic nitrogens is 6. The van der Waals surface area contributed by atoms with Gasteiger partial charge in [0, 0.05) is 52.5 Å². The number of nitrogens with zero attached hydrogens (tertiary/aromatic N) is 6. The van der Waals surface area contributed by atoms with Gasteiger partial charge in [-0.15, -0.1) is 0 Å². The Morgan fingerprint density at radius 1 is 0.333 bits per heavy atom. The van der Waals surface area contributed by atoms with E-state index in [1.165, 1.54) is 99.3 Å². The van der Waals surface area contributed by atoms with E-state index in [1.807, 2.05) is 97.1 Å². The fraction of sp³-hybridized carbons (Fsp3) is 0.270. The third-order valence-electron chi connectivity index (χ3n) is 13.3. The van der Waals surface area contributed by atoms with Crippen molar-refractivity contribution < 1.29 is 0 Å². The summed E-state index contributed by atoms with van der Waals surface area (Å²) in [7, 11) is 0. The van der Waals surface area contributed by atoms with Crippen LogP contribution in [0, 0.1) is 23.7 Å². The zero-order chi connectivity index (χ0) is 47.1. The summed E-state index contributed by atoms with van der Waals surface area (Å²) in [4.78, 5) is 28.5. The number of hydrogen-bond acceptors (Lipinski definition) is 6. The van der Waals surface area contributed by atoms with Crippen LogP contribution in [0.4, 0.5) is 0 Å². The van der Waals surface area contributed by atoms with Gasteiger partial charge in [0.1, 0.15) is 0 Å². The molecule has 0 bridgehead atoms. The van der Waals surface area contributed by atoms with Crippen molar-refractivity contribution in [1.29, 1.82) is 0 Å². The molecule has 0 atom stereocenters. The van der Waals surface area contributed by atoms with E-state index in [2.05, 4.69) is 93.9 Å². The summed E-state index contributed by atoms with van der Waals surface area (Å²) in [6.07, 6.45) is 24.5. The molecule has 0 radical (unpaired) electrons. The molecule has 0 aliphatic heterocycles. The highest BCUT2D eigenvalue weighted by atomic mass is 14.8. The van der Waals surface area contributed by atoms with Crippen LogP contribution in [0.3, 0.4) is 0 Å². The number of unbranched alkanes of at least 4 members (excludes halogenated alkanes) is 10. The molecule has 6 nitrogen and oxygen atoms in total. The van der Waals surface area contributed by atoms with Crippen LogP contribution < -0.4 is 0 Å². The summed E-state index contributed by atoms with van der Waals surface area (Å²) in [5.74, 6) is 14.4. The van der Waals surface area contributed by atoms with Gasteiger partial charge in [0.2, 0.25) is 0 Å². The van der Waals surface area contributed by atoms with E-state index in [9.17, 15) is 0 Å². The Balaban J connectivity index is 1.11. The van der Waals surface area contributed by atoms with Gasteiger partial charge in [-0.2, -0.15) is 0 Å². The highest BCUT2D eigenvalue weighted by Crippen LogP contribution is 2.54. The van der Waals surface area contributed by atoms with Gasteiger partial charge in [-0.25, -0.2) is 9.97 Å². The Labute approximate surface area is 409 Å². The second-order valence-corrected chi connectivity index (χ2v) is 18.3. The summed E-state index contributed by atoms with van der Waals surface area (Å²) in [6.45, 7) is 4.59. The van der Waals surface area contributed by atoms with Crippen LogP contribution in [-0.2, 0) is 5.41 Å². The lowest BCUT2D eigenvalue weighted by Crippen LogP contribution is -2.26. The maximum atomic E-state index is 4.98. The molecular formula is C63H60N6. The predicted octanol–water partition coefficient (Wildman–Crippen LogP) is 15.3. The third kappa shape index (κ3) is 11.4. The van der Waals surface area contributed by atoms with Crippen LogP contribution in [0.25, 0.3) is 56.7 Å². The van der Waals surface area contributed by atoms with Crippen LogP contribution in [-0.4, -0.2) is 29.9 Å². The Kier molecular flexibility index (Phi) is 15.5. The minimum atomic E-state index is -0.153. The average Bonchev–Trinajstić information content (AvgIpc) is 3.67. The third-order valence-corrected chi connectivity index (χ3v) is 13.3. The molecule has 69 heavy (non-hydrogen) atoms. The molecule has 1 aliphatic carbocycles. The van der Waals surface area contributed by atoms with E-state index < -0.39 is 0 Å². The van der Waals surface area contributed by atoms with Crippen LogP contribution in [0.5, 0.6) is 0 Å². The fourth-order valence-corrected chi connectivity index (χ4v) is 9.80. The maximum Gasteiger partial charge on any atom is 0.0906 e. The molecule has 0 saturated carbocycles. The number of fused-ring (bicyclic) bond motifs is 3. The number of benzene rings is 2. The Morgan fingerprint density at radius 3 is 1.00 bits per heavy atom. The minimum Gasteiger partial charge on any atom is -0.255 e. The summed E-state index contributed by atoms with van der Waals surface area (Å²) in [5, 5.41) is 0. The van der Waals surface area contributed by atoms with Crippen molar-refractivity contribution in [3.8, 4) is 80.4 Å². The van der Waals surface area contributed by atoms with E-state index >= 15 is 0 Å². The van der Waals surface area contributed by atoms with E-state index in [-0.39, 0.29) is 5.41 Å². The molecule has 0 unspecified atom stereocenters. The van der Waals surface area contributed by atoms with Gasteiger partial charge in [-0.05, 0) is 132 Å². The number of rotatable bonds is 18. The topological polar surface area (TPSA) is 77.3 Å². The van der Waals surface area contributed by atoms with Crippen molar-refractivity contribution in [2.24, 2.45) is 0 Å². The molecule has 0 amide bonds. The molecule has 342 valence electrons. The fourth-order valence-electron chi connectivity index (χ4n) is 9.80. The quantitative estimate of drug-likeness (QED) is 0.0631. The summed E-state index contributed by atoms with van der Waals surface area (Å²) in [5.41, 5.74) is 15.4. The largest absolute Gasteiger partial charge is 0.255 e. The summed E-state index contributed by atoms with van der Waals surface area (Å²) < 4.78 is 0. The van der Waals surface area contributed by atoms with Crippen molar-refractivity contribution in [2.45, 2.75) is 109 Å². The van der Waals surface area contributed by atoms with Crippen LogP contribution in [0.2, 0.25) is 0 Å². The van der Waals surface area contributed by atoms with Crippen LogP contribution >= 0.6 is 0 Å². The Morgan fingerprint density at radius 2 is 0.667 bits per heavy atom. The highest BCUT2D eigenvalue weighted by Gasteiger charge is 2.42. The van der Waals surface area contributed by atoms with Crippen molar-refractivity contribution in [2.75, 3.05) is 0 Å². The summed E-state index contributed by atoms with van der Waals surface area (Å²) >= 11 is 0. The van der Waals surface area contributed by atoms with Gasteiger partial charge >= 0.3 is 0 Å². The molecule has 0 saturated heterocycles. The Hall–Kier alpha value is -7.54. The Bertz CT molecular complexity index is 2760. The van der Waals surface area contributed by atoms with E-state index in [4.69, 9.17) is 9.97 Å². The zero-order valence-corrected chi connectivity index (χ0v) is 40.1. The first kappa shape index (κ1) is 46.6. The first-order valence-corrected chi connectivity index (χ1v) is 25.1. The maximum absolute atomic E-state index is 4.98. The van der Waals surface area contributed by atoms with Crippen LogP contribution in [0.15, 0.2) is 158 Å². The second-order valence-electron chi connectivity index (χ2n) is 18.3. The molecular weight excluding hydrogens is 841 g/mol. The zero-order valence-electron chi connectivity index (χ0n) is 40.1. The first-order chi connectivity index (χ1) is 34.1. The minimum absolute atomic E-state index is 0.153. The van der Waals surface area contributed by atoms with Gasteiger partial charge in [-0.3, -0.25) is 19.9 Å². The molecule has 0 N–H and O–H groups in total. The molecule has 1 aliphatic rings. The standard InChI is InChI=1S/C63H60N6/c1-3-5-7-9-11-17-35-63(36-18-12-10-8-6-4-2)53-41-47(27-29-49-43-59(55-23-13-19-37-64-55)68-60(44-49)56-24-14-20-38-65-56)31-33-51(53)52-34-32-48(42-54(52)63)28-30-50-45-61(57-25-15-21-39-66-57)69-62(46-50)58-26-16-22-40-67-58/h13-16,19-26,31-34,37-46H,3-12,17-18,35-36H2,1-2H3. The lowest BCUT2D eigenvalue weighted by Gasteiger charge is -2.33. The van der Waals surface area contributed by atoms with Crippen molar-refractivity contribution in [3.63, 3.8) is 0 Å². The average molecular weight is 901 g/mol. The summed E-state index contributed by atoms with van der Waals surface area (Å²) in [6, 6.07) is 45.7. The van der Waals surface area contributed by atoms with Gasteiger partial charge < -0.3 is 0 Å². The molecule has 9 rings (SSSR count). The highest BCUT2D eigenvalue weighted by molar-refractivity contribution is 5.83. The monoisotopic (exact) mass is 900 g/mol. The molecule has 6 aromatic heterocycles. The molecule has 6 heteroatoms. The van der Waals surface area contributed by atoms with Gasteiger partial charge in [0.05, 0.1) is 45.6 Å².